The molecule has 3 rings (SSSR count). The number of halogens is 1. The van der Waals surface area contributed by atoms with Gasteiger partial charge >= 0.3 is 0 Å². The summed E-state index contributed by atoms with van der Waals surface area (Å²) in [5.74, 6) is 0.278. The number of carbonyl (C=O) groups is 1. The normalized spacial score (nSPS) is 16.0. The number of aromatic nitrogens is 1. The molecule has 1 N–H and O–H groups in total. The number of hydrogen-bond donors (Lipinski definition) is 1. The lowest BCUT2D eigenvalue weighted by Crippen LogP contribution is -2.49. The van der Waals surface area contributed by atoms with E-state index in [-0.39, 0.29) is 18.1 Å². The molecule has 1 aromatic heterocycles. The highest BCUT2D eigenvalue weighted by atomic mass is 19.1. The Balaban J connectivity index is 1.81. The number of likely N-dealkylation sites (tertiary alicyclic amines) is 1. The van der Waals surface area contributed by atoms with Gasteiger partial charge in [-0.1, -0.05) is 6.92 Å². The first-order chi connectivity index (χ1) is 8.63. The van der Waals surface area contributed by atoms with Crippen molar-refractivity contribution < 1.29 is 9.18 Å². The molecule has 1 aliphatic heterocycles. The summed E-state index contributed by atoms with van der Waals surface area (Å²) in [6.07, 6.45) is 1.92. The van der Waals surface area contributed by atoms with Crippen molar-refractivity contribution >= 4 is 16.8 Å². The van der Waals surface area contributed by atoms with Crippen LogP contribution in [0.15, 0.2) is 24.4 Å². The van der Waals surface area contributed by atoms with Crippen LogP contribution in [-0.4, -0.2) is 28.9 Å². The van der Waals surface area contributed by atoms with E-state index in [4.69, 9.17) is 0 Å². The number of nitrogens with zero attached hydrogens (tertiary/aromatic N) is 1. The SMILES string of the molecule is CC1CN(C(=O)Cc2cc3cc[nH]c3cc2F)C1. The first kappa shape index (κ1) is 11.3. The molecule has 3 nitrogen and oxygen atoms in total. The van der Waals surface area contributed by atoms with Crippen molar-refractivity contribution in [2.24, 2.45) is 5.92 Å². The van der Waals surface area contributed by atoms with Crippen LogP contribution in [0.1, 0.15) is 12.5 Å². The highest BCUT2D eigenvalue weighted by molar-refractivity contribution is 5.84. The van der Waals surface area contributed by atoms with Crippen LogP contribution < -0.4 is 0 Å². The molecule has 94 valence electrons. The van der Waals surface area contributed by atoms with Crippen LogP contribution in [0.4, 0.5) is 4.39 Å². The Labute approximate surface area is 105 Å². The standard InChI is InChI=1S/C14H15FN2O/c1-9-7-17(8-9)14(18)5-11-4-10-2-3-16-13(10)6-12(11)15/h2-4,6,9,16H,5,7-8H2,1H3. The molecule has 4 heteroatoms. The number of H-pyrrole nitrogens is 1. The van der Waals surface area contributed by atoms with Gasteiger partial charge in [0.05, 0.1) is 6.42 Å². The summed E-state index contributed by atoms with van der Waals surface area (Å²) in [5.41, 5.74) is 1.24. The van der Waals surface area contributed by atoms with E-state index >= 15 is 0 Å². The van der Waals surface area contributed by atoms with E-state index < -0.39 is 0 Å². The molecule has 0 radical (unpaired) electrons. The number of aromatic amines is 1. The van der Waals surface area contributed by atoms with Gasteiger partial charge in [0.15, 0.2) is 0 Å². The van der Waals surface area contributed by atoms with E-state index in [9.17, 15) is 9.18 Å². The second-order valence-electron chi connectivity index (χ2n) is 5.09. The largest absolute Gasteiger partial charge is 0.361 e. The molecule has 0 saturated carbocycles. The highest BCUT2D eigenvalue weighted by Crippen LogP contribution is 2.21. The third-order valence-electron chi connectivity index (χ3n) is 3.48. The minimum Gasteiger partial charge on any atom is -0.361 e. The van der Waals surface area contributed by atoms with Gasteiger partial charge in [-0.15, -0.1) is 0 Å². The predicted molar refractivity (Wildman–Crippen MR) is 67.7 cm³/mol. The molecule has 2 aromatic rings. The van der Waals surface area contributed by atoms with Crippen molar-refractivity contribution in [3.8, 4) is 0 Å². The van der Waals surface area contributed by atoms with Crippen LogP contribution in [-0.2, 0) is 11.2 Å². The van der Waals surface area contributed by atoms with Gasteiger partial charge in [-0.2, -0.15) is 0 Å². The predicted octanol–water partition coefficient (Wildman–Crippen LogP) is 2.33. The Hall–Kier alpha value is -1.84. The van der Waals surface area contributed by atoms with Crippen LogP contribution >= 0.6 is 0 Å². The fourth-order valence-corrected chi connectivity index (χ4v) is 2.43. The number of rotatable bonds is 2. The number of amides is 1. The zero-order chi connectivity index (χ0) is 12.7. The zero-order valence-corrected chi connectivity index (χ0v) is 10.2. The fraction of sp³-hybridized carbons (Fsp3) is 0.357. The van der Waals surface area contributed by atoms with Crippen LogP contribution in [0.2, 0.25) is 0 Å². The Kier molecular flexibility index (Phi) is 2.58. The molecular formula is C14H15FN2O. The summed E-state index contributed by atoms with van der Waals surface area (Å²) >= 11 is 0. The zero-order valence-electron chi connectivity index (χ0n) is 10.2. The molecule has 0 aliphatic carbocycles. The number of fused-ring (bicyclic) bond motifs is 1. The monoisotopic (exact) mass is 246 g/mol. The maximum atomic E-state index is 13.8. The average Bonchev–Trinajstić information content (AvgIpc) is 2.72. The fourth-order valence-electron chi connectivity index (χ4n) is 2.43. The summed E-state index contributed by atoms with van der Waals surface area (Å²) in [6.45, 7) is 3.70. The topological polar surface area (TPSA) is 36.1 Å². The second kappa shape index (κ2) is 4.12. The Morgan fingerprint density at radius 3 is 3.00 bits per heavy atom. The lowest BCUT2D eigenvalue weighted by Gasteiger charge is -2.37. The van der Waals surface area contributed by atoms with Gasteiger partial charge in [0.2, 0.25) is 5.91 Å². The Morgan fingerprint density at radius 2 is 2.28 bits per heavy atom. The summed E-state index contributed by atoms with van der Waals surface area (Å²) in [7, 11) is 0. The molecule has 2 heterocycles. The van der Waals surface area contributed by atoms with Crippen molar-refractivity contribution in [2.45, 2.75) is 13.3 Å². The van der Waals surface area contributed by atoms with E-state index in [1.54, 1.807) is 17.2 Å². The van der Waals surface area contributed by atoms with Crippen molar-refractivity contribution in [3.63, 3.8) is 0 Å². The molecule has 1 saturated heterocycles. The maximum absolute atomic E-state index is 13.8. The first-order valence-electron chi connectivity index (χ1n) is 6.17. The molecule has 0 spiro atoms. The minimum atomic E-state index is -0.313. The van der Waals surface area contributed by atoms with Crippen LogP contribution in [0, 0.1) is 11.7 Å². The number of carbonyl (C=O) groups excluding carboxylic acids is 1. The lowest BCUT2D eigenvalue weighted by molar-refractivity contribution is -0.136. The van der Waals surface area contributed by atoms with E-state index in [1.165, 1.54) is 6.07 Å². The van der Waals surface area contributed by atoms with E-state index in [0.29, 0.717) is 11.5 Å². The smallest absolute Gasteiger partial charge is 0.227 e. The third kappa shape index (κ3) is 1.88. The van der Waals surface area contributed by atoms with Gasteiger partial charge in [0.25, 0.3) is 0 Å². The van der Waals surface area contributed by atoms with Gasteiger partial charge in [0, 0.05) is 24.8 Å². The summed E-state index contributed by atoms with van der Waals surface area (Å²) in [6, 6.07) is 5.09. The van der Waals surface area contributed by atoms with E-state index in [0.717, 1.165) is 24.0 Å². The van der Waals surface area contributed by atoms with Crippen molar-refractivity contribution in [2.75, 3.05) is 13.1 Å². The quantitative estimate of drug-likeness (QED) is 0.867. The lowest BCUT2D eigenvalue weighted by atomic mass is 10.0. The Morgan fingerprint density at radius 1 is 1.50 bits per heavy atom. The van der Waals surface area contributed by atoms with Crippen molar-refractivity contribution in [1.82, 2.24) is 9.88 Å². The number of nitrogens with one attached hydrogen (secondary N) is 1. The van der Waals surface area contributed by atoms with E-state index in [2.05, 4.69) is 11.9 Å². The maximum Gasteiger partial charge on any atom is 0.227 e. The molecule has 0 bridgehead atoms. The molecule has 1 aromatic carbocycles. The van der Waals surface area contributed by atoms with Crippen molar-refractivity contribution in [1.29, 1.82) is 0 Å². The average molecular weight is 246 g/mol. The van der Waals surface area contributed by atoms with Crippen LogP contribution in [0.25, 0.3) is 10.9 Å². The van der Waals surface area contributed by atoms with Gasteiger partial charge in [-0.05, 0) is 35.1 Å². The molecule has 18 heavy (non-hydrogen) atoms. The van der Waals surface area contributed by atoms with Crippen LogP contribution in [0.3, 0.4) is 0 Å². The molecule has 0 unspecified atom stereocenters. The van der Waals surface area contributed by atoms with Crippen LogP contribution in [0.5, 0.6) is 0 Å². The molecule has 1 amide bonds. The highest BCUT2D eigenvalue weighted by Gasteiger charge is 2.27. The molecule has 1 fully saturated rings. The number of hydrogen-bond acceptors (Lipinski definition) is 1. The molecule has 0 atom stereocenters. The summed E-state index contributed by atoms with van der Waals surface area (Å²) in [5, 5.41) is 0.941. The number of benzene rings is 1. The first-order valence-corrected chi connectivity index (χ1v) is 6.17. The summed E-state index contributed by atoms with van der Waals surface area (Å²) < 4.78 is 13.8. The van der Waals surface area contributed by atoms with Gasteiger partial charge in [0.1, 0.15) is 5.82 Å². The molecule has 1 aliphatic rings. The van der Waals surface area contributed by atoms with Gasteiger partial charge in [-0.3, -0.25) is 4.79 Å². The van der Waals surface area contributed by atoms with E-state index in [1.807, 2.05) is 6.07 Å². The van der Waals surface area contributed by atoms with Gasteiger partial charge in [-0.25, -0.2) is 4.39 Å². The van der Waals surface area contributed by atoms with Crippen molar-refractivity contribution in [3.05, 3.63) is 35.8 Å². The second-order valence-corrected chi connectivity index (χ2v) is 5.09. The minimum absolute atomic E-state index is 0.0156. The third-order valence-corrected chi connectivity index (χ3v) is 3.48. The summed E-state index contributed by atoms with van der Waals surface area (Å²) in [4.78, 5) is 16.7. The molecular weight excluding hydrogens is 231 g/mol. The Bertz CT molecular complexity index is 599. The van der Waals surface area contributed by atoms with Gasteiger partial charge < -0.3 is 9.88 Å².